The van der Waals surface area contributed by atoms with Gasteiger partial charge in [-0.3, -0.25) is 14.8 Å². The van der Waals surface area contributed by atoms with E-state index < -0.39 is 11.8 Å². The quantitative estimate of drug-likeness (QED) is 0.280. The molecular formula is C32H29FN8O3. The molecule has 0 atom stereocenters. The van der Waals surface area contributed by atoms with Crippen molar-refractivity contribution in [3.8, 4) is 22.5 Å². The number of urea groups is 1. The van der Waals surface area contributed by atoms with E-state index >= 15 is 4.39 Å². The minimum absolute atomic E-state index is 0.0135. The van der Waals surface area contributed by atoms with Crippen molar-refractivity contribution in [2.45, 2.75) is 0 Å². The number of rotatable bonds is 6. The molecule has 6 rings (SSSR count). The van der Waals surface area contributed by atoms with Crippen LogP contribution in [0.5, 0.6) is 0 Å². The third-order valence-electron chi connectivity index (χ3n) is 7.09. The van der Waals surface area contributed by atoms with E-state index in [4.69, 9.17) is 19.7 Å². The van der Waals surface area contributed by atoms with Gasteiger partial charge in [0.15, 0.2) is 11.6 Å². The molecule has 11 nitrogen and oxygen atoms in total. The molecule has 12 heteroatoms. The number of hydrogen-bond acceptors (Lipinski definition) is 8. The van der Waals surface area contributed by atoms with E-state index in [1.54, 1.807) is 63.0 Å². The summed E-state index contributed by atoms with van der Waals surface area (Å²) >= 11 is 0. The number of amides is 3. The Hall–Kier alpha value is -5.49. The van der Waals surface area contributed by atoms with Gasteiger partial charge >= 0.3 is 6.03 Å². The van der Waals surface area contributed by atoms with Gasteiger partial charge in [-0.2, -0.15) is 0 Å². The standard InChI is InChI=1S/C32H29FN8O3/c1-40(2)31(42)20-5-8-24(9-6-20)36-32(43)38-26-10-7-21(16-25(26)33)29-37-27-17-23(22-4-3-11-34-18-22)19-35-28(27)30(39-29)41-12-14-44-15-13-41/h3-11,16-19H,12-15H2,1-2H3,(H2,36,38,43). The molecule has 1 fully saturated rings. The number of fused-ring (bicyclic) bond motifs is 1. The first-order chi connectivity index (χ1) is 21.4. The Kier molecular flexibility index (Phi) is 8.06. The molecule has 0 radical (unpaired) electrons. The molecule has 2 N–H and O–H groups in total. The Morgan fingerprint density at radius 3 is 2.41 bits per heavy atom. The highest BCUT2D eigenvalue weighted by Crippen LogP contribution is 2.31. The van der Waals surface area contributed by atoms with Gasteiger partial charge in [0.25, 0.3) is 5.91 Å². The molecule has 3 aromatic heterocycles. The van der Waals surface area contributed by atoms with Crippen molar-refractivity contribution in [2.75, 3.05) is 55.9 Å². The Balaban J connectivity index is 1.26. The van der Waals surface area contributed by atoms with E-state index in [0.717, 1.165) is 11.1 Å². The zero-order chi connectivity index (χ0) is 30.6. The van der Waals surface area contributed by atoms with Crippen molar-refractivity contribution in [3.63, 3.8) is 0 Å². The average Bonchev–Trinajstić information content (AvgIpc) is 3.05. The Bertz CT molecular complexity index is 1830. The van der Waals surface area contributed by atoms with Crippen molar-refractivity contribution in [2.24, 2.45) is 0 Å². The highest BCUT2D eigenvalue weighted by atomic mass is 19.1. The number of nitrogens with one attached hydrogen (secondary N) is 2. The monoisotopic (exact) mass is 592 g/mol. The minimum atomic E-state index is -0.650. The molecular weight excluding hydrogens is 563 g/mol. The molecule has 3 amide bonds. The number of halogens is 1. The molecule has 222 valence electrons. The molecule has 0 aliphatic carbocycles. The van der Waals surface area contributed by atoms with Crippen LogP contribution in [0.1, 0.15) is 10.4 Å². The fourth-order valence-electron chi connectivity index (χ4n) is 4.81. The fourth-order valence-corrected chi connectivity index (χ4v) is 4.81. The van der Waals surface area contributed by atoms with Crippen LogP contribution in [0.15, 0.2) is 79.3 Å². The topological polar surface area (TPSA) is 125 Å². The molecule has 1 aliphatic heterocycles. The van der Waals surface area contributed by atoms with Gasteiger partial charge in [-0.05, 0) is 54.6 Å². The lowest BCUT2D eigenvalue weighted by Gasteiger charge is -2.28. The summed E-state index contributed by atoms with van der Waals surface area (Å²) in [5, 5.41) is 5.18. The molecule has 1 aliphatic rings. The van der Waals surface area contributed by atoms with Crippen molar-refractivity contribution >= 4 is 40.2 Å². The summed E-state index contributed by atoms with van der Waals surface area (Å²) in [6.07, 6.45) is 5.24. The van der Waals surface area contributed by atoms with Crippen molar-refractivity contribution in [1.82, 2.24) is 24.8 Å². The van der Waals surface area contributed by atoms with Crippen LogP contribution < -0.4 is 15.5 Å². The van der Waals surface area contributed by atoms with Crippen LogP contribution in [0.25, 0.3) is 33.5 Å². The molecule has 2 aromatic carbocycles. The van der Waals surface area contributed by atoms with Crippen LogP contribution in [0.4, 0.5) is 26.4 Å². The SMILES string of the molecule is CN(C)C(=O)c1ccc(NC(=O)Nc2ccc(-c3nc(N4CCOCC4)c4ncc(-c5cccnc5)cc4n3)cc2F)cc1. The molecule has 0 unspecified atom stereocenters. The Morgan fingerprint density at radius 2 is 1.70 bits per heavy atom. The Labute approximate surface area is 252 Å². The summed E-state index contributed by atoms with van der Waals surface area (Å²) in [5.74, 6) is 0.168. The molecule has 1 saturated heterocycles. The summed E-state index contributed by atoms with van der Waals surface area (Å²) in [6.45, 7) is 2.39. The van der Waals surface area contributed by atoms with E-state index in [1.807, 2.05) is 18.2 Å². The normalized spacial score (nSPS) is 13.0. The summed E-state index contributed by atoms with van der Waals surface area (Å²) < 4.78 is 20.8. The second-order valence-electron chi connectivity index (χ2n) is 10.4. The number of anilines is 3. The molecule has 0 saturated carbocycles. The van der Waals surface area contributed by atoms with Gasteiger partial charge in [-0.1, -0.05) is 6.07 Å². The van der Waals surface area contributed by atoms with E-state index in [0.29, 0.717) is 65.8 Å². The maximum atomic E-state index is 15.3. The number of aromatic nitrogens is 4. The van der Waals surface area contributed by atoms with Crippen LogP contribution in [-0.4, -0.2) is 77.2 Å². The van der Waals surface area contributed by atoms with Crippen LogP contribution in [0.3, 0.4) is 0 Å². The summed E-state index contributed by atoms with van der Waals surface area (Å²) in [4.78, 5) is 46.7. The third-order valence-corrected chi connectivity index (χ3v) is 7.09. The lowest BCUT2D eigenvalue weighted by Crippen LogP contribution is -2.37. The lowest BCUT2D eigenvalue weighted by molar-refractivity contribution is 0.0827. The molecule has 0 spiro atoms. The highest BCUT2D eigenvalue weighted by Gasteiger charge is 2.20. The first-order valence-corrected chi connectivity index (χ1v) is 14.0. The minimum Gasteiger partial charge on any atom is -0.378 e. The zero-order valence-corrected chi connectivity index (χ0v) is 24.1. The van der Waals surface area contributed by atoms with Crippen LogP contribution in [-0.2, 0) is 4.74 Å². The van der Waals surface area contributed by atoms with Crippen LogP contribution >= 0.6 is 0 Å². The van der Waals surface area contributed by atoms with Gasteiger partial charge in [0.05, 0.1) is 24.4 Å². The van der Waals surface area contributed by atoms with Crippen molar-refractivity contribution in [3.05, 3.63) is 90.6 Å². The van der Waals surface area contributed by atoms with E-state index in [9.17, 15) is 9.59 Å². The van der Waals surface area contributed by atoms with Crippen LogP contribution in [0.2, 0.25) is 0 Å². The molecule has 5 aromatic rings. The van der Waals surface area contributed by atoms with Gasteiger partial charge in [0.1, 0.15) is 11.3 Å². The number of pyridine rings is 2. The number of benzene rings is 2. The summed E-state index contributed by atoms with van der Waals surface area (Å²) in [6, 6.07) is 15.9. The number of carbonyl (C=O) groups excluding carboxylic acids is 2. The summed E-state index contributed by atoms with van der Waals surface area (Å²) in [5.41, 5.74) is 4.36. The van der Waals surface area contributed by atoms with E-state index in [1.165, 1.54) is 17.0 Å². The maximum Gasteiger partial charge on any atom is 0.323 e. The molecule has 4 heterocycles. The number of carbonyl (C=O) groups is 2. The lowest BCUT2D eigenvalue weighted by atomic mass is 10.1. The molecule has 0 bridgehead atoms. The number of ether oxygens (including phenoxy) is 1. The van der Waals surface area contributed by atoms with Gasteiger partial charge in [-0.25, -0.2) is 19.2 Å². The third kappa shape index (κ3) is 6.15. The molecule has 44 heavy (non-hydrogen) atoms. The first-order valence-electron chi connectivity index (χ1n) is 14.0. The average molecular weight is 593 g/mol. The van der Waals surface area contributed by atoms with Crippen molar-refractivity contribution < 1.29 is 18.7 Å². The maximum absolute atomic E-state index is 15.3. The zero-order valence-electron chi connectivity index (χ0n) is 24.1. The highest BCUT2D eigenvalue weighted by molar-refractivity contribution is 6.00. The van der Waals surface area contributed by atoms with Gasteiger partial charge < -0.3 is 25.2 Å². The Morgan fingerprint density at radius 1 is 0.909 bits per heavy atom. The van der Waals surface area contributed by atoms with E-state index in [2.05, 4.69) is 20.5 Å². The predicted octanol–water partition coefficient (Wildman–Crippen LogP) is 5.08. The number of nitrogens with zero attached hydrogens (tertiary/aromatic N) is 6. The van der Waals surface area contributed by atoms with Gasteiger partial charge in [-0.15, -0.1) is 0 Å². The van der Waals surface area contributed by atoms with Crippen molar-refractivity contribution in [1.29, 1.82) is 0 Å². The van der Waals surface area contributed by atoms with E-state index in [-0.39, 0.29) is 11.6 Å². The fraction of sp³-hybridized carbons (Fsp3) is 0.188. The van der Waals surface area contributed by atoms with Gasteiger partial charge in [0, 0.05) is 73.7 Å². The smallest absolute Gasteiger partial charge is 0.323 e. The predicted molar refractivity (Wildman–Crippen MR) is 166 cm³/mol. The largest absolute Gasteiger partial charge is 0.378 e. The first kappa shape index (κ1) is 28.6. The van der Waals surface area contributed by atoms with Crippen LogP contribution in [0, 0.1) is 5.82 Å². The van der Waals surface area contributed by atoms with Gasteiger partial charge in [0.2, 0.25) is 0 Å². The second kappa shape index (κ2) is 12.4. The number of morpholine rings is 1. The summed E-state index contributed by atoms with van der Waals surface area (Å²) in [7, 11) is 3.32. The number of hydrogen-bond donors (Lipinski definition) is 2. The second-order valence-corrected chi connectivity index (χ2v) is 10.4.